The fourth-order valence-corrected chi connectivity index (χ4v) is 3.07. The van der Waals surface area contributed by atoms with E-state index in [1.54, 1.807) is 6.07 Å². The van der Waals surface area contributed by atoms with E-state index in [4.69, 9.17) is 0 Å². The second-order valence-electron chi connectivity index (χ2n) is 6.89. The van der Waals surface area contributed by atoms with Crippen LogP contribution in [0.25, 0.3) is 22.6 Å². The first-order chi connectivity index (χ1) is 13.8. The van der Waals surface area contributed by atoms with Crippen LogP contribution in [0, 0.1) is 0 Å². The third kappa shape index (κ3) is 3.29. The standard InChI is InChI=1S/C21H18N6O/c28-21(18-12-17(24-25-18)13-5-2-1-3-6-13)22-16-8-4-7-15(11-16)20-23-19(26-27-20)14-9-10-14/h1-8,11-12,14H,9-10H2,(H,22,28)(H,24,25)(H,23,26,27). The lowest BCUT2D eigenvalue weighted by molar-refractivity contribution is 0.102. The van der Waals surface area contributed by atoms with Crippen molar-refractivity contribution < 1.29 is 4.79 Å². The van der Waals surface area contributed by atoms with Gasteiger partial charge in [0.1, 0.15) is 11.5 Å². The van der Waals surface area contributed by atoms with Crippen LogP contribution in [0.15, 0.2) is 60.7 Å². The summed E-state index contributed by atoms with van der Waals surface area (Å²) in [6.07, 6.45) is 2.33. The lowest BCUT2D eigenvalue weighted by Crippen LogP contribution is -2.12. The van der Waals surface area contributed by atoms with Gasteiger partial charge in [-0.2, -0.15) is 10.2 Å². The highest BCUT2D eigenvalue weighted by Gasteiger charge is 2.27. The van der Waals surface area contributed by atoms with Crippen LogP contribution < -0.4 is 5.32 Å². The molecular formula is C21H18N6O. The molecule has 1 saturated carbocycles. The number of H-pyrrole nitrogens is 2. The fourth-order valence-electron chi connectivity index (χ4n) is 3.07. The maximum Gasteiger partial charge on any atom is 0.273 e. The molecule has 1 amide bonds. The molecule has 1 aliphatic rings. The molecule has 0 spiro atoms. The van der Waals surface area contributed by atoms with Crippen molar-refractivity contribution in [2.75, 3.05) is 5.32 Å². The lowest BCUT2D eigenvalue weighted by Gasteiger charge is -2.04. The number of hydrogen-bond donors (Lipinski definition) is 3. The highest BCUT2D eigenvalue weighted by atomic mass is 16.1. The van der Waals surface area contributed by atoms with Crippen LogP contribution in [-0.2, 0) is 0 Å². The van der Waals surface area contributed by atoms with Gasteiger partial charge in [-0.15, -0.1) is 0 Å². The summed E-state index contributed by atoms with van der Waals surface area (Å²) < 4.78 is 0. The minimum Gasteiger partial charge on any atom is -0.321 e. The molecule has 0 saturated heterocycles. The molecule has 138 valence electrons. The predicted octanol–water partition coefficient (Wildman–Crippen LogP) is 3.99. The average molecular weight is 370 g/mol. The SMILES string of the molecule is O=C(Nc1cccc(-c2n[nH]c(C3CC3)n2)c1)c1cc(-c2ccccc2)n[nH]1. The van der Waals surface area contributed by atoms with E-state index in [1.807, 2.05) is 54.6 Å². The van der Waals surface area contributed by atoms with Crippen LogP contribution in [0.5, 0.6) is 0 Å². The summed E-state index contributed by atoms with van der Waals surface area (Å²) in [4.78, 5) is 17.2. The van der Waals surface area contributed by atoms with Crippen molar-refractivity contribution in [3.05, 3.63) is 72.2 Å². The van der Waals surface area contributed by atoms with Gasteiger partial charge in [0.25, 0.3) is 5.91 Å². The molecule has 0 bridgehead atoms. The van der Waals surface area contributed by atoms with Gasteiger partial charge in [-0.1, -0.05) is 42.5 Å². The van der Waals surface area contributed by atoms with Crippen LogP contribution in [0.1, 0.15) is 35.1 Å². The second-order valence-corrected chi connectivity index (χ2v) is 6.89. The first-order valence-corrected chi connectivity index (χ1v) is 9.21. The summed E-state index contributed by atoms with van der Waals surface area (Å²) >= 11 is 0. The zero-order valence-corrected chi connectivity index (χ0v) is 15.0. The number of aromatic amines is 2. The van der Waals surface area contributed by atoms with Crippen LogP contribution in [-0.4, -0.2) is 31.3 Å². The van der Waals surface area contributed by atoms with Gasteiger partial charge in [-0.3, -0.25) is 15.0 Å². The molecule has 7 nitrogen and oxygen atoms in total. The van der Waals surface area contributed by atoms with Gasteiger partial charge in [-0.05, 0) is 31.0 Å². The molecule has 2 heterocycles. The molecule has 0 radical (unpaired) electrons. The Hall–Kier alpha value is -3.74. The molecule has 2 aromatic carbocycles. The number of aromatic nitrogens is 5. The van der Waals surface area contributed by atoms with Crippen molar-refractivity contribution >= 4 is 11.6 Å². The number of amides is 1. The molecule has 4 aromatic rings. The quantitative estimate of drug-likeness (QED) is 0.494. The normalized spacial score (nSPS) is 13.4. The highest BCUT2D eigenvalue weighted by molar-refractivity contribution is 6.03. The van der Waals surface area contributed by atoms with Gasteiger partial charge in [0.15, 0.2) is 5.82 Å². The van der Waals surface area contributed by atoms with E-state index >= 15 is 0 Å². The molecular weight excluding hydrogens is 352 g/mol. The Morgan fingerprint density at radius 2 is 1.75 bits per heavy atom. The summed E-state index contributed by atoms with van der Waals surface area (Å²) in [5, 5.41) is 17.2. The van der Waals surface area contributed by atoms with Crippen molar-refractivity contribution in [2.24, 2.45) is 0 Å². The second kappa shape index (κ2) is 6.77. The molecule has 1 fully saturated rings. The van der Waals surface area contributed by atoms with E-state index in [9.17, 15) is 4.79 Å². The predicted molar refractivity (Wildman–Crippen MR) is 106 cm³/mol. The van der Waals surface area contributed by atoms with Crippen LogP contribution in [0.2, 0.25) is 0 Å². The first kappa shape index (κ1) is 16.4. The Bertz CT molecular complexity index is 1130. The monoisotopic (exact) mass is 370 g/mol. The summed E-state index contributed by atoms with van der Waals surface area (Å²) in [5.41, 5.74) is 3.62. The van der Waals surface area contributed by atoms with E-state index in [1.165, 1.54) is 12.8 Å². The van der Waals surface area contributed by atoms with Gasteiger partial charge in [-0.25, -0.2) is 4.98 Å². The number of nitrogens with one attached hydrogen (secondary N) is 3. The molecule has 0 atom stereocenters. The van der Waals surface area contributed by atoms with Gasteiger partial charge in [0.05, 0.1) is 5.69 Å². The van der Waals surface area contributed by atoms with Crippen molar-refractivity contribution in [3.63, 3.8) is 0 Å². The third-order valence-electron chi connectivity index (χ3n) is 4.74. The van der Waals surface area contributed by atoms with Crippen molar-refractivity contribution in [1.82, 2.24) is 25.4 Å². The number of carbonyl (C=O) groups excluding carboxylic acids is 1. The molecule has 7 heteroatoms. The maximum absolute atomic E-state index is 12.6. The summed E-state index contributed by atoms with van der Waals surface area (Å²) in [5.74, 6) is 1.85. The Labute approximate surface area is 161 Å². The van der Waals surface area contributed by atoms with Crippen molar-refractivity contribution in [3.8, 4) is 22.6 Å². The number of benzene rings is 2. The van der Waals surface area contributed by atoms with E-state index in [-0.39, 0.29) is 5.91 Å². The van der Waals surface area contributed by atoms with Crippen molar-refractivity contribution in [2.45, 2.75) is 18.8 Å². The smallest absolute Gasteiger partial charge is 0.273 e. The Morgan fingerprint density at radius 1 is 0.929 bits per heavy atom. The molecule has 0 aliphatic heterocycles. The fraction of sp³-hybridized carbons (Fsp3) is 0.143. The summed E-state index contributed by atoms with van der Waals surface area (Å²) in [7, 11) is 0. The molecule has 2 aromatic heterocycles. The maximum atomic E-state index is 12.6. The number of hydrogen-bond acceptors (Lipinski definition) is 4. The highest BCUT2D eigenvalue weighted by Crippen LogP contribution is 2.38. The van der Waals surface area contributed by atoms with Gasteiger partial charge in [0, 0.05) is 22.7 Å². The zero-order valence-electron chi connectivity index (χ0n) is 15.0. The Kier molecular flexibility index (Phi) is 3.97. The number of carbonyl (C=O) groups is 1. The minimum atomic E-state index is -0.250. The van der Waals surface area contributed by atoms with Gasteiger partial charge in [0.2, 0.25) is 0 Å². The van der Waals surface area contributed by atoms with E-state index in [2.05, 4.69) is 30.7 Å². The summed E-state index contributed by atoms with van der Waals surface area (Å²) in [6.45, 7) is 0. The van der Waals surface area contributed by atoms with Gasteiger partial charge < -0.3 is 5.32 Å². The number of rotatable bonds is 5. The molecule has 1 aliphatic carbocycles. The van der Waals surface area contributed by atoms with E-state index in [0.29, 0.717) is 23.1 Å². The molecule has 28 heavy (non-hydrogen) atoms. The zero-order chi connectivity index (χ0) is 18.9. The van der Waals surface area contributed by atoms with Crippen LogP contribution in [0.4, 0.5) is 5.69 Å². The lowest BCUT2D eigenvalue weighted by atomic mass is 10.1. The molecule has 3 N–H and O–H groups in total. The average Bonchev–Trinajstić information content (AvgIpc) is 3.26. The third-order valence-corrected chi connectivity index (χ3v) is 4.74. The van der Waals surface area contributed by atoms with E-state index < -0.39 is 0 Å². The number of nitrogens with zero attached hydrogens (tertiary/aromatic N) is 3. The van der Waals surface area contributed by atoms with E-state index in [0.717, 1.165) is 22.6 Å². The summed E-state index contributed by atoms with van der Waals surface area (Å²) in [6, 6.07) is 19.0. The first-order valence-electron chi connectivity index (χ1n) is 9.21. The van der Waals surface area contributed by atoms with Crippen molar-refractivity contribution in [1.29, 1.82) is 0 Å². The topological polar surface area (TPSA) is 99.3 Å². The van der Waals surface area contributed by atoms with Gasteiger partial charge >= 0.3 is 0 Å². The molecule has 0 unspecified atom stereocenters. The minimum absolute atomic E-state index is 0.250. The largest absolute Gasteiger partial charge is 0.321 e. The Morgan fingerprint density at radius 3 is 2.57 bits per heavy atom. The molecule has 5 rings (SSSR count). The van der Waals surface area contributed by atoms with Crippen LogP contribution in [0.3, 0.4) is 0 Å². The Balaban J connectivity index is 1.33. The number of anilines is 1. The van der Waals surface area contributed by atoms with Crippen LogP contribution >= 0.6 is 0 Å².